The molecular weight excluding hydrogens is 314 g/mol. The number of methoxy groups -OCH3 is 1. The Labute approximate surface area is 147 Å². The highest BCUT2D eigenvalue weighted by Crippen LogP contribution is 2.20. The predicted molar refractivity (Wildman–Crippen MR) is 98.5 cm³/mol. The normalized spacial score (nSPS) is 11.8. The zero-order valence-corrected chi connectivity index (χ0v) is 14.3. The molecule has 0 aliphatic heterocycles. The fourth-order valence-electron chi connectivity index (χ4n) is 2.73. The average molecular weight is 335 g/mol. The Kier molecular flexibility index (Phi) is 5.14. The maximum absolute atomic E-state index is 12.2. The molecule has 2 N–H and O–H groups in total. The molecule has 2 amide bonds. The number of aromatic nitrogens is 1. The minimum Gasteiger partial charge on any atom is -0.481 e. The predicted octanol–water partition coefficient (Wildman–Crippen LogP) is 3.80. The number of ether oxygens (including phenoxy) is 1. The molecule has 5 heteroatoms. The number of rotatable bonds is 5. The van der Waals surface area contributed by atoms with Crippen LogP contribution in [0.4, 0.5) is 4.79 Å². The lowest BCUT2D eigenvalue weighted by Gasteiger charge is -2.16. The van der Waals surface area contributed by atoms with Gasteiger partial charge in [-0.2, -0.15) is 0 Å². The van der Waals surface area contributed by atoms with Gasteiger partial charge in [-0.05, 0) is 35.4 Å². The van der Waals surface area contributed by atoms with Crippen molar-refractivity contribution in [2.45, 2.75) is 19.5 Å². The summed E-state index contributed by atoms with van der Waals surface area (Å²) < 4.78 is 5.19. The molecule has 0 radical (unpaired) electrons. The number of urea groups is 1. The van der Waals surface area contributed by atoms with Gasteiger partial charge in [0.05, 0.1) is 13.2 Å². The van der Waals surface area contributed by atoms with Crippen molar-refractivity contribution in [2.75, 3.05) is 7.11 Å². The summed E-state index contributed by atoms with van der Waals surface area (Å²) in [6.07, 6.45) is 1.66. The molecule has 2 aromatic carbocycles. The molecule has 1 aromatic heterocycles. The van der Waals surface area contributed by atoms with Crippen LogP contribution in [0.3, 0.4) is 0 Å². The van der Waals surface area contributed by atoms with E-state index in [0.29, 0.717) is 12.4 Å². The quantitative estimate of drug-likeness (QED) is 0.745. The van der Waals surface area contributed by atoms with E-state index < -0.39 is 0 Å². The third kappa shape index (κ3) is 4.07. The van der Waals surface area contributed by atoms with Crippen LogP contribution in [0, 0.1) is 0 Å². The summed E-state index contributed by atoms with van der Waals surface area (Å²) >= 11 is 0. The Morgan fingerprint density at radius 3 is 2.72 bits per heavy atom. The Morgan fingerprint density at radius 2 is 1.92 bits per heavy atom. The number of hydrogen-bond acceptors (Lipinski definition) is 3. The molecule has 5 nitrogen and oxygen atoms in total. The molecule has 128 valence electrons. The summed E-state index contributed by atoms with van der Waals surface area (Å²) in [4.78, 5) is 16.3. The Morgan fingerprint density at radius 1 is 1.12 bits per heavy atom. The third-order valence-corrected chi connectivity index (χ3v) is 4.10. The lowest BCUT2D eigenvalue weighted by molar-refractivity contribution is 0.237. The largest absolute Gasteiger partial charge is 0.481 e. The minimum absolute atomic E-state index is 0.0969. The number of benzene rings is 2. The van der Waals surface area contributed by atoms with E-state index in [4.69, 9.17) is 4.74 Å². The van der Waals surface area contributed by atoms with Gasteiger partial charge >= 0.3 is 6.03 Å². The number of carbonyl (C=O) groups is 1. The molecule has 0 aliphatic carbocycles. The molecule has 0 spiro atoms. The summed E-state index contributed by atoms with van der Waals surface area (Å²) in [5, 5.41) is 8.15. The van der Waals surface area contributed by atoms with Crippen molar-refractivity contribution in [2.24, 2.45) is 0 Å². The van der Waals surface area contributed by atoms with Crippen molar-refractivity contribution in [1.29, 1.82) is 0 Å². The second kappa shape index (κ2) is 7.66. The fourth-order valence-corrected chi connectivity index (χ4v) is 2.73. The number of hydrogen-bond donors (Lipinski definition) is 2. The monoisotopic (exact) mass is 335 g/mol. The first-order valence-corrected chi connectivity index (χ1v) is 8.18. The molecule has 0 aliphatic rings. The third-order valence-electron chi connectivity index (χ3n) is 4.10. The summed E-state index contributed by atoms with van der Waals surface area (Å²) in [6, 6.07) is 17.7. The Bertz CT molecular complexity index is 879. The first-order valence-electron chi connectivity index (χ1n) is 8.18. The van der Waals surface area contributed by atoms with Crippen molar-refractivity contribution in [3.05, 3.63) is 71.9 Å². The molecule has 3 rings (SSSR count). The fraction of sp³-hybridized carbons (Fsp3) is 0.200. The van der Waals surface area contributed by atoms with Crippen LogP contribution < -0.4 is 15.4 Å². The lowest BCUT2D eigenvalue weighted by atomic mass is 10.0. The van der Waals surface area contributed by atoms with E-state index in [-0.39, 0.29) is 12.1 Å². The highest BCUT2D eigenvalue weighted by atomic mass is 16.5. The minimum atomic E-state index is -0.230. The molecule has 3 aromatic rings. The second-order valence-corrected chi connectivity index (χ2v) is 5.83. The highest BCUT2D eigenvalue weighted by Gasteiger charge is 2.11. The van der Waals surface area contributed by atoms with E-state index in [1.165, 1.54) is 5.39 Å². The first kappa shape index (κ1) is 16.8. The van der Waals surface area contributed by atoms with Crippen LogP contribution in [0.5, 0.6) is 5.88 Å². The van der Waals surface area contributed by atoms with Gasteiger partial charge in [-0.3, -0.25) is 0 Å². The maximum Gasteiger partial charge on any atom is 0.315 e. The van der Waals surface area contributed by atoms with Crippen LogP contribution in [0.15, 0.2) is 60.8 Å². The van der Waals surface area contributed by atoms with Crippen LogP contribution in [-0.4, -0.2) is 18.1 Å². The van der Waals surface area contributed by atoms with Crippen molar-refractivity contribution in [3.8, 4) is 5.88 Å². The summed E-state index contributed by atoms with van der Waals surface area (Å²) in [5.74, 6) is 0.519. The van der Waals surface area contributed by atoms with E-state index in [0.717, 1.165) is 16.5 Å². The molecule has 0 saturated carbocycles. The summed E-state index contributed by atoms with van der Waals surface area (Å²) in [5.41, 5.74) is 1.89. The highest BCUT2D eigenvalue weighted by molar-refractivity contribution is 5.83. The number of pyridine rings is 1. The topological polar surface area (TPSA) is 63.2 Å². The summed E-state index contributed by atoms with van der Waals surface area (Å²) in [6.45, 7) is 2.32. The number of nitrogens with zero attached hydrogens (tertiary/aromatic N) is 1. The van der Waals surface area contributed by atoms with E-state index in [9.17, 15) is 4.79 Å². The van der Waals surface area contributed by atoms with Crippen molar-refractivity contribution < 1.29 is 9.53 Å². The molecule has 0 fully saturated rings. The van der Waals surface area contributed by atoms with Crippen LogP contribution in [0.25, 0.3) is 10.8 Å². The number of fused-ring (bicyclic) bond motifs is 1. The van der Waals surface area contributed by atoms with Gasteiger partial charge in [-0.1, -0.05) is 42.5 Å². The maximum atomic E-state index is 12.2. The molecule has 0 saturated heterocycles. The second-order valence-electron chi connectivity index (χ2n) is 5.83. The van der Waals surface area contributed by atoms with Gasteiger partial charge in [0.2, 0.25) is 5.88 Å². The molecule has 0 unspecified atom stereocenters. The van der Waals surface area contributed by atoms with Crippen molar-refractivity contribution in [3.63, 3.8) is 0 Å². The summed E-state index contributed by atoms with van der Waals surface area (Å²) in [7, 11) is 1.56. The van der Waals surface area contributed by atoms with Gasteiger partial charge in [0.1, 0.15) is 0 Å². The van der Waals surface area contributed by atoms with E-state index in [2.05, 4.69) is 39.9 Å². The van der Waals surface area contributed by atoms with E-state index >= 15 is 0 Å². The van der Waals surface area contributed by atoms with Crippen molar-refractivity contribution in [1.82, 2.24) is 15.6 Å². The molecule has 1 heterocycles. The first-order chi connectivity index (χ1) is 12.2. The Hall–Kier alpha value is -3.08. The number of amides is 2. The number of carbonyl (C=O) groups excluding carboxylic acids is 1. The van der Waals surface area contributed by atoms with Crippen molar-refractivity contribution >= 4 is 16.8 Å². The van der Waals surface area contributed by atoms with Crippen LogP contribution >= 0.6 is 0 Å². The van der Waals surface area contributed by atoms with E-state index in [1.54, 1.807) is 13.3 Å². The average Bonchev–Trinajstić information content (AvgIpc) is 2.66. The van der Waals surface area contributed by atoms with Crippen LogP contribution in [0.1, 0.15) is 24.1 Å². The SMILES string of the molecule is COc1ncccc1CNC(=O)N[C@@H](C)c1ccc2ccccc2c1. The number of nitrogens with one attached hydrogen (secondary N) is 2. The lowest BCUT2D eigenvalue weighted by Crippen LogP contribution is -2.36. The van der Waals surface area contributed by atoms with Crippen LogP contribution in [0.2, 0.25) is 0 Å². The standard InChI is InChI=1S/C20H21N3O2/c1-14(16-10-9-15-6-3-4-7-17(15)12-16)23-20(24)22-13-18-8-5-11-21-19(18)25-2/h3-12,14H,13H2,1-2H3,(H2,22,23,24)/t14-/m0/s1. The van der Waals surface area contributed by atoms with Gasteiger partial charge in [0.25, 0.3) is 0 Å². The van der Waals surface area contributed by atoms with Gasteiger partial charge in [-0.15, -0.1) is 0 Å². The molecule has 25 heavy (non-hydrogen) atoms. The zero-order chi connectivity index (χ0) is 17.6. The smallest absolute Gasteiger partial charge is 0.315 e. The van der Waals surface area contributed by atoms with Gasteiger partial charge < -0.3 is 15.4 Å². The van der Waals surface area contributed by atoms with Crippen LogP contribution in [-0.2, 0) is 6.54 Å². The molecule has 0 bridgehead atoms. The molecular formula is C20H21N3O2. The van der Waals surface area contributed by atoms with Gasteiger partial charge in [-0.25, -0.2) is 9.78 Å². The van der Waals surface area contributed by atoms with Gasteiger partial charge in [0, 0.05) is 18.3 Å². The Balaban J connectivity index is 1.61. The van der Waals surface area contributed by atoms with Gasteiger partial charge in [0.15, 0.2) is 0 Å². The molecule has 1 atom stereocenters. The zero-order valence-electron chi connectivity index (χ0n) is 14.3. The van der Waals surface area contributed by atoms with E-state index in [1.807, 2.05) is 37.3 Å².